The van der Waals surface area contributed by atoms with E-state index in [1.165, 1.54) is 35.1 Å². The summed E-state index contributed by atoms with van der Waals surface area (Å²) >= 11 is 0. The first kappa shape index (κ1) is 18.9. The Morgan fingerprint density at radius 1 is 0.857 bits per heavy atom. The number of likely N-dealkylation sites (tertiary alicyclic amines) is 1. The van der Waals surface area contributed by atoms with E-state index in [0.29, 0.717) is 12.6 Å². The molecule has 1 saturated heterocycles. The zero-order chi connectivity index (χ0) is 19.2. The van der Waals surface area contributed by atoms with E-state index in [2.05, 4.69) is 70.9 Å². The normalized spacial score (nSPS) is 18.2. The topological polar surface area (TPSA) is 32.3 Å². The largest absolute Gasteiger partial charge is 0.352 e. The molecule has 4 rings (SSSR count). The van der Waals surface area contributed by atoms with Crippen molar-refractivity contribution in [1.29, 1.82) is 0 Å². The Hall–Kier alpha value is -2.39. The lowest BCUT2D eigenvalue weighted by molar-refractivity contribution is -0.123. The zero-order valence-electron chi connectivity index (χ0n) is 16.6. The van der Waals surface area contributed by atoms with E-state index in [1.807, 2.05) is 0 Å². The van der Waals surface area contributed by atoms with Gasteiger partial charge < -0.3 is 5.32 Å². The van der Waals surface area contributed by atoms with Gasteiger partial charge in [0, 0.05) is 19.1 Å². The number of hydrogen-bond donors (Lipinski definition) is 1. The summed E-state index contributed by atoms with van der Waals surface area (Å²) in [4.78, 5) is 14.7. The Kier molecular flexibility index (Phi) is 6.23. The zero-order valence-corrected chi connectivity index (χ0v) is 16.6. The van der Waals surface area contributed by atoms with E-state index in [-0.39, 0.29) is 5.91 Å². The van der Waals surface area contributed by atoms with Crippen LogP contribution in [0.2, 0.25) is 0 Å². The number of amides is 1. The molecule has 0 spiro atoms. The van der Waals surface area contributed by atoms with E-state index in [9.17, 15) is 4.79 Å². The molecule has 3 nitrogen and oxygen atoms in total. The van der Waals surface area contributed by atoms with Gasteiger partial charge in [-0.1, -0.05) is 79.1 Å². The van der Waals surface area contributed by atoms with Crippen molar-refractivity contribution in [1.82, 2.24) is 10.2 Å². The highest BCUT2D eigenvalue weighted by Gasteiger charge is 2.22. The summed E-state index contributed by atoms with van der Waals surface area (Å²) in [6.45, 7) is 2.45. The van der Waals surface area contributed by atoms with Gasteiger partial charge in [-0.15, -0.1) is 0 Å². The molecule has 1 saturated carbocycles. The van der Waals surface area contributed by atoms with Crippen LogP contribution in [0.15, 0.2) is 66.2 Å². The predicted molar refractivity (Wildman–Crippen MR) is 115 cm³/mol. The van der Waals surface area contributed by atoms with Gasteiger partial charge in [0.1, 0.15) is 0 Å². The first-order valence-corrected chi connectivity index (χ1v) is 10.6. The molecule has 146 valence electrons. The van der Waals surface area contributed by atoms with Gasteiger partial charge in [0.25, 0.3) is 0 Å². The van der Waals surface area contributed by atoms with Gasteiger partial charge in [-0.05, 0) is 42.4 Å². The number of hydrogen-bond acceptors (Lipinski definition) is 2. The summed E-state index contributed by atoms with van der Waals surface area (Å²) in [6, 6.07) is 21.8. The van der Waals surface area contributed by atoms with Crippen molar-refractivity contribution in [2.45, 2.75) is 44.6 Å². The number of nitrogens with zero attached hydrogens (tertiary/aromatic N) is 1. The van der Waals surface area contributed by atoms with Crippen LogP contribution < -0.4 is 5.32 Å². The lowest BCUT2D eigenvalue weighted by Crippen LogP contribution is -2.43. The Morgan fingerprint density at radius 3 is 1.93 bits per heavy atom. The molecule has 0 bridgehead atoms. The summed E-state index contributed by atoms with van der Waals surface area (Å²) in [5.74, 6) is 0.200. The number of benzene rings is 2. The summed E-state index contributed by atoms with van der Waals surface area (Å²) in [5.41, 5.74) is 5.45. The van der Waals surface area contributed by atoms with Gasteiger partial charge in [-0.25, -0.2) is 0 Å². The van der Waals surface area contributed by atoms with Crippen molar-refractivity contribution >= 4 is 11.5 Å². The molecule has 1 heterocycles. The molecule has 1 N–H and O–H groups in total. The first-order valence-electron chi connectivity index (χ1n) is 10.6. The van der Waals surface area contributed by atoms with Gasteiger partial charge in [0.05, 0.1) is 6.54 Å². The fraction of sp³-hybridized carbons (Fsp3) is 0.400. The Morgan fingerprint density at radius 2 is 1.39 bits per heavy atom. The van der Waals surface area contributed by atoms with E-state index in [0.717, 1.165) is 38.8 Å². The highest BCUT2D eigenvalue weighted by atomic mass is 16.2. The van der Waals surface area contributed by atoms with Gasteiger partial charge in [0.15, 0.2) is 0 Å². The number of piperidine rings is 1. The number of nitrogens with one attached hydrogen (secondary N) is 1. The van der Waals surface area contributed by atoms with Gasteiger partial charge in [-0.2, -0.15) is 0 Å². The fourth-order valence-corrected chi connectivity index (χ4v) is 4.56. The standard InChI is InChI=1S/C25H30N2O/c28-24(26-23-13-7-8-14-23)19-27-17-15-22(16-18-27)25(20-9-3-1-4-10-20)21-11-5-2-6-12-21/h1-6,9-12,23H,7-8,13-19H2,(H,26,28). The van der Waals surface area contributed by atoms with Crippen LogP contribution in [-0.4, -0.2) is 36.5 Å². The SMILES string of the molecule is O=C(CN1CCC(=C(c2ccccc2)c2ccccc2)CC1)NC1CCCC1. The van der Waals surface area contributed by atoms with Crippen LogP contribution in [0.4, 0.5) is 0 Å². The quantitative estimate of drug-likeness (QED) is 0.827. The van der Waals surface area contributed by atoms with Crippen LogP contribution in [0, 0.1) is 0 Å². The lowest BCUT2D eigenvalue weighted by Gasteiger charge is -2.30. The Labute approximate surface area is 168 Å². The first-order chi connectivity index (χ1) is 13.8. The summed E-state index contributed by atoms with van der Waals surface area (Å²) in [5, 5.41) is 3.22. The monoisotopic (exact) mass is 374 g/mol. The minimum Gasteiger partial charge on any atom is -0.352 e. The molecule has 2 aromatic rings. The summed E-state index contributed by atoms with van der Waals surface area (Å²) < 4.78 is 0. The molecule has 2 aromatic carbocycles. The highest BCUT2D eigenvalue weighted by Crippen LogP contribution is 2.32. The van der Waals surface area contributed by atoms with Crippen molar-refractivity contribution < 1.29 is 4.79 Å². The molecule has 1 amide bonds. The average molecular weight is 375 g/mol. The molecule has 1 aliphatic heterocycles. The molecule has 1 aliphatic carbocycles. The van der Waals surface area contributed by atoms with Crippen molar-refractivity contribution in [2.24, 2.45) is 0 Å². The molecule has 0 atom stereocenters. The minimum atomic E-state index is 0.200. The van der Waals surface area contributed by atoms with E-state index in [4.69, 9.17) is 0 Å². The maximum absolute atomic E-state index is 12.4. The smallest absolute Gasteiger partial charge is 0.234 e. The van der Waals surface area contributed by atoms with Crippen LogP contribution >= 0.6 is 0 Å². The van der Waals surface area contributed by atoms with Gasteiger partial charge in [-0.3, -0.25) is 9.69 Å². The fourth-order valence-electron chi connectivity index (χ4n) is 4.56. The van der Waals surface area contributed by atoms with Crippen LogP contribution in [0.5, 0.6) is 0 Å². The Balaban J connectivity index is 1.44. The molecule has 2 aliphatic rings. The molecule has 3 heteroatoms. The molecule has 0 aromatic heterocycles. The Bertz CT molecular complexity index is 755. The third-order valence-corrected chi connectivity index (χ3v) is 6.03. The molecule has 0 unspecified atom stereocenters. The maximum atomic E-state index is 12.4. The third-order valence-electron chi connectivity index (χ3n) is 6.03. The number of carbonyl (C=O) groups is 1. The van der Waals surface area contributed by atoms with Crippen molar-refractivity contribution in [3.05, 3.63) is 77.4 Å². The highest BCUT2D eigenvalue weighted by molar-refractivity contribution is 5.82. The van der Waals surface area contributed by atoms with Crippen molar-refractivity contribution in [2.75, 3.05) is 19.6 Å². The van der Waals surface area contributed by atoms with E-state index < -0.39 is 0 Å². The van der Waals surface area contributed by atoms with Crippen LogP contribution in [-0.2, 0) is 4.79 Å². The molecular weight excluding hydrogens is 344 g/mol. The van der Waals surface area contributed by atoms with Crippen LogP contribution in [0.3, 0.4) is 0 Å². The molecule has 2 fully saturated rings. The third kappa shape index (κ3) is 4.71. The molecular formula is C25H30N2O. The van der Waals surface area contributed by atoms with Crippen molar-refractivity contribution in [3.63, 3.8) is 0 Å². The summed E-state index contributed by atoms with van der Waals surface area (Å²) in [6.07, 6.45) is 6.85. The second-order valence-corrected chi connectivity index (χ2v) is 8.04. The predicted octanol–water partition coefficient (Wildman–Crippen LogP) is 4.64. The van der Waals surface area contributed by atoms with E-state index in [1.54, 1.807) is 0 Å². The minimum absolute atomic E-state index is 0.200. The average Bonchev–Trinajstić information content (AvgIpc) is 3.24. The summed E-state index contributed by atoms with van der Waals surface area (Å²) in [7, 11) is 0. The van der Waals surface area contributed by atoms with Crippen molar-refractivity contribution in [3.8, 4) is 0 Å². The second-order valence-electron chi connectivity index (χ2n) is 8.04. The van der Waals surface area contributed by atoms with Gasteiger partial charge >= 0.3 is 0 Å². The van der Waals surface area contributed by atoms with Gasteiger partial charge in [0.2, 0.25) is 5.91 Å². The maximum Gasteiger partial charge on any atom is 0.234 e. The molecule has 0 radical (unpaired) electrons. The number of rotatable bonds is 5. The van der Waals surface area contributed by atoms with Crippen LogP contribution in [0.25, 0.3) is 5.57 Å². The second kappa shape index (κ2) is 9.20. The lowest BCUT2D eigenvalue weighted by atomic mass is 9.88. The number of carbonyl (C=O) groups excluding carboxylic acids is 1. The van der Waals surface area contributed by atoms with E-state index >= 15 is 0 Å². The molecule has 28 heavy (non-hydrogen) atoms. The van der Waals surface area contributed by atoms with Crippen LogP contribution in [0.1, 0.15) is 49.7 Å².